The average molecular weight is 239 g/mol. The third kappa shape index (κ3) is 2.75. The zero-order chi connectivity index (χ0) is 12.3. The van der Waals surface area contributed by atoms with E-state index in [1.165, 1.54) is 0 Å². The Bertz CT molecular complexity index is 383. The summed E-state index contributed by atoms with van der Waals surface area (Å²) in [6, 6.07) is 0.546. The van der Waals surface area contributed by atoms with Gasteiger partial charge in [-0.2, -0.15) is 0 Å². The van der Waals surface area contributed by atoms with E-state index in [1.54, 1.807) is 6.92 Å². The number of rotatable bonds is 3. The highest BCUT2D eigenvalue weighted by atomic mass is 16.5. The number of esters is 1. The molecule has 1 aliphatic rings. The Morgan fingerprint density at radius 1 is 1.47 bits per heavy atom. The van der Waals surface area contributed by atoms with E-state index < -0.39 is 0 Å². The molecule has 1 aromatic rings. The van der Waals surface area contributed by atoms with E-state index in [-0.39, 0.29) is 11.9 Å². The van der Waals surface area contributed by atoms with E-state index >= 15 is 0 Å². The van der Waals surface area contributed by atoms with Crippen LogP contribution in [0.15, 0.2) is 4.42 Å². The third-order valence-electron chi connectivity index (χ3n) is 2.90. The number of aromatic nitrogens is 2. The molecule has 0 amide bonds. The van der Waals surface area contributed by atoms with Crippen molar-refractivity contribution < 1.29 is 13.9 Å². The topological polar surface area (TPSA) is 68.5 Å². The van der Waals surface area contributed by atoms with Crippen LogP contribution in [-0.4, -0.2) is 35.9 Å². The predicted octanol–water partition coefficient (Wildman–Crippen LogP) is 1.16. The Balaban J connectivity index is 1.88. The molecule has 2 heterocycles. The summed E-state index contributed by atoms with van der Waals surface area (Å²) in [6.07, 6.45) is 1.56. The fourth-order valence-electron chi connectivity index (χ4n) is 1.98. The van der Waals surface area contributed by atoms with Crippen LogP contribution in [0.5, 0.6) is 0 Å². The minimum atomic E-state index is -0.0890. The molecule has 1 fully saturated rings. The highest BCUT2D eigenvalue weighted by molar-refractivity contribution is 5.72. The molecule has 0 spiro atoms. The Kier molecular flexibility index (Phi) is 3.61. The van der Waals surface area contributed by atoms with Crippen LogP contribution in [0.25, 0.3) is 0 Å². The molecule has 0 aromatic carbocycles. The molecule has 0 unspecified atom stereocenters. The first-order chi connectivity index (χ1) is 8.20. The summed E-state index contributed by atoms with van der Waals surface area (Å²) in [7, 11) is 0. The van der Waals surface area contributed by atoms with E-state index in [0.29, 0.717) is 18.5 Å². The van der Waals surface area contributed by atoms with Crippen LogP contribution in [0.2, 0.25) is 0 Å². The van der Waals surface area contributed by atoms with E-state index in [1.807, 2.05) is 11.8 Å². The van der Waals surface area contributed by atoms with E-state index in [0.717, 1.165) is 25.9 Å². The Labute approximate surface area is 99.9 Å². The van der Waals surface area contributed by atoms with Gasteiger partial charge < -0.3 is 14.1 Å². The minimum Gasteiger partial charge on any atom is -0.466 e. The fraction of sp³-hybridized carbons (Fsp3) is 0.727. The summed E-state index contributed by atoms with van der Waals surface area (Å²) < 4.78 is 10.4. The van der Waals surface area contributed by atoms with Crippen molar-refractivity contribution in [1.29, 1.82) is 0 Å². The Morgan fingerprint density at radius 2 is 2.18 bits per heavy atom. The van der Waals surface area contributed by atoms with Crippen molar-refractivity contribution in [2.45, 2.75) is 26.7 Å². The van der Waals surface area contributed by atoms with Crippen molar-refractivity contribution in [3.8, 4) is 0 Å². The molecule has 0 saturated carbocycles. The number of anilines is 1. The quantitative estimate of drug-likeness (QED) is 0.737. The summed E-state index contributed by atoms with van der Waals surface area (Å²) in [5.74, 6) is 0.483. The zero-order valence-electron chi connectivity index (χ0n) is 10.2. The van der Waals surface area contributed by atoms with Crippen LogP contribution >= 0.6 is 0 Å². The molecule has 1 aromatic heterocycles. The van der Waals surface area contributed by atoms with Gasteiger partial charge in [0.2, 0.25) is 5.89 Å². The van der Waals surface area contributed by atoms with Crippen molar-refractivity contribution in [2.24, 2.45) is 5.92 Å². The number of nitrogens with zero attached hydrogens (tertiary/aromatic N) is 3. The summed E-state index contributed by atoms with van der Waals surface area (Å²) in [5.41, 5.74) is 0. The van der Waals surface area contributed by atoms with E-state index in [2.05, 4.69) is 10.2 Å². The van der Waals surface area contributed by atoms with Gasteiger partial charge in [-0.25, -0.2) is 0 Å². The van der Waals surface area contributed by atoms with Crippen molar-refractivity contribution in [2.75, 3.05) is 24.6 Å². The molecule has 1 saturated heterocycles. The second kappa shape index (κ2) is 5.16. The highest BCUT2D eigenvalue weighted by Gasteiger charge is 2.27. The second-order valence-corrected chi connectivity index (χ2v) is 4.12. The lowest BCUT2D eigenvalue weighted by Gasteiger charge is -2.29. The van der Waals surface area contributed by atoms with Gasteiger partial charge in [-0.05, 0) is 19.8 Å². The molecular weight excluding hydrogens is 222 g/mol. The van der Waals surface area contributed by atoms with Crippen molar-refractivity contribution in [3.05, 3.63) is 5.89 Å². The molecule has 2 rings (SSSR count). The normalized spacial score (nSPS) is 17.2. The molecule has 94 valence electrons. The first-order valence-corrected chi connectivity index (χ1v) is 5.92. The van der Waals surface area contributed by atoms with Crippen molar-refractivity contribution >= 4 is 12.0 Å². The summed E-state index contributed by atoms with van der Waals surface area (Å²) in [5, 5.41) is 7.76. The zero-order valence-corrected chi connectivity index (χ0v) is 10.2. The Morgan fingerprint density at radius 3 is 2.71 bits per heavy atom. The van der Waals surface area contributed by atoms with Gasteiger partial charge in [-0.3, -0.25) is 4.79 Å². The summed E-state index contributed by atoms with van der Waals surface area (Å²) >= 11 is 0. The van der Waals surface area contributed by atoms with Crippen molar-refractivity contribution in [3.63, 3.8) is 0 Å². The molecular formula is C11H17N3O3. The Hall–Kier alpha value is -1.59. The number of ether oxygens (including phenoxy) is 1. The highest BCUT2D eigenvalue weighted by Crippen LogP contribution is 2.22. The second-order valence-electron chi connectivity index (χ2n) is 4.12. The van der Waals surface area contributed by atoms with Crippen LogP contribution in [0.3, 0.4) is 0 Å². The van der Waals surface area contributed by atoms with Crippen LogP contribution < -0.4 is 4.90 Å². The molecule has 0 radical (unpaired) electrons. The van der Waals surface area contributed by atoms with Gasteiger partial charge in [0.1, 0.15) is 0 Å². The number of piperidine rings is 1. The maximum atomic E-state index is 11.6. The minimum absolute atomic E-state index is 0.00946. The lowest BCUT2D eigenvalue weighted by Crippen LogP contribution is -2.37. The van der Waals surface area contributed by atoms with Gasteiger partial charge >= 0.3 is 12.0 Å². The number of hydrogen-bond acceptors (Lipinski definition) is 6. The van der Waals surface area contributed by atoms with Gasteiger partial charge in [0.05, 0.1) is 12.5 Å². The molecule has 0 bridgehead atoms. The first kappa shape index (κ1) is 11.9. The van der Waals surface area contributed by atoms with Gasteiger partial charge in [-0.15, -0.1) is 5.10 Å². The monoisotopic (exact) mass is 239 g/mol. The molecule has 0 N–H and O–H groups in total. The van der Waals surface area contributed by atoms with Gasteiger partial charge in [0.25, 0.3) is 0 Å². The van der Waals surface area contributed by atoms with Gasteiger partial charge in [-0.1, -0.05) is 5.10 Å². The predicted molar refractivity (Wildman–Crippen MR) is 60.6 cm³/mol. The van der Waals surface area contributed by atoms with Crippen LogP contribution in [0.4, 0.5) is 6.01 Å². The summed E-state index contributed by atoms with van der Waals surface area (Å²) in [6.45, 7) is 5.55. The number of aryl methyl sites for hydroxylation is 1. The van der Waals surface area contributed by atoms with E-state index in [9.17, 15) is 4.79 Å². The first-order valence-electron chi connectivity index (χ1n) is 5.92. The van der Waals surface area contributed by atoms with Crippen LogP contribution in [0, 0.1) is 12.8 Å². The maximum Gasteiger partial charge on any atom is 0.318 e. The molecule has 17 heavy (non-hydrogen) atoms. The SMILES string of the molecule is CCOC(=O)C1CCN(c2nnc(C)o2)CC1. The lowest BCUT2D eigenvalue weighted by molar-refractivity contribution is -0.148. The fourth-order valence-corrected chi connectivity index (χ4v) is 1.98. The third-order valence-corrected chi connectivity index (χ3v) is 2.90. The number of carbonyl (C=O) groups excluding carboxylic acids is 1. The largest absolute Gasteiger partial charge is 0.466 e. The molecule has 6 heteroatoms. The molecule has 0 atom stereocenters. The molecule has 6 nitrogen and oxygen atoms in total. The van der Waals surface area contributed by atoms with Crippen LogP contribution in [-0.2, 0) is 9.53 Å². The molecule has 1 aliphatic heterocycles. The van der Waals surface area contributed by atoms with Gasteiger partial charge in [0.15, 0.2) is 0 Å². The number of carbonyl (C=O) groups is 1. The smallest absolute Gasteiger partial charge is 0.318 e. The van der Waals surface area contributed by atoms with Crippen LogP contribution in [0.1, 0.15) is 25.7 Å². The molecule has 0 aliphatic carbocycles. The number of hydrogen-bond donors (Lipinski definition) is 0. The lowest BCUT2D eigenvalue weighted by atomic mass is 9.97. The standard InChI is InChI=1S/C11H17N3O3/c1-3-16-10(15)9-4-6-14(7-5-9)11-13-12-8(2)17-11/h9H,3-7H2,1-2H3. The van der Waals surface area contributed by atoms with Gasteiger partial charge in [0, 0.05) is 20.0 Å². The van der Waals surface area contributed by atoms with Crippen molar-refractivity contribution in [1.82, 2.24) is 10.2 Å². The summed E-state index contributed by atoms with van der Waals surface area (Å²) in [4.78, 5) is 13.6. The maximum absolute atomic E-state index is 11.6. The van der Waals surface area contributed by atoms with E-state index in [4.69, 9.17) is 9.15 Å². The average Bonchev–Trinajstić information content (AvgIpc) is 2.76.